The van der Waals surface area contributed by atoms with Gasteiger partial charge in [-0.05, 0) is 24.1 Å². The Morgan fingerprint density at radius 1 is 1.41 bits per heavy atom. The average Bonchev–Trinajstić information content (AvgIpc) is 3.16. The van der Waals surface area contributed by atoms with Crippen LogP contribution in [0.4, 0.5) is 0 Å². The molecule has 1 saturated heterocycles. The summed E-state index contributed by atoms with van der Waals surface area (Å²) in [5, 5.41) is 17.1. The second kappa shape index (κ2) is 7.53. The van der Waals surface area contributed by atoms with Gasteiger partial charge < -0.3 is 19.3 Å². The van der Waals surface area contributed by atoms with Gasteiger partial charge in [-0.2, -0.15) is 0 Å². The number of hydrogen-bond donors (Lipinski definition) is 1. The second-order valence-electron chi connectivity index (χ2n) is 6.78. The van der Waals surface area contributed by atoms with Crippen LogP contribution in [0.5, 0.6) is 11.5 Å². The molecule has 144 valence electrons. The number of hydrogen-bond acceptors (Lipinski definition) is 7. The molecule has 3 heterocycles. The number of aromatic nitrogens is 3. The predicted octanol–water partition coefficient (Wildman–Crippen LogP) is 1.10. The van der Waals surface area contributed by atoms with E-state index in [1.165, 1.54) is 7.11 Å². The molecule has 0 amide bonds. The van der Waals surface area contributed by atoms with Gasteiger partial charge in [-0.3, -0.25) is 4.90 Å². The van der Waals surface area contributed by atoms with E-state index < -0.39 is 12.6 Å². The van der Waals surface area contributed by atoms with Gasteiger partial charge >= 0.3 is 5.97 Å². The Balaban J connectivity index is 1.47. The van der Waals surface area contributed by atoms with Crippen molar-refractivity contribution in [2.75, 3.05) is 26.8 Å². The molecule has 0 aliphatic carbocycles. The molecule has 4 rings (SSSR count). The topological polar surface area (TPSA) is 98.9 Å². The van der Waals surface area contributed by atoms with Gasteiger partial charge in [0.15, 0.2) is 18.1 Å². The molecule has 1 N–H and O–H groups in total. The van der Waals surface area contributed by atoms with Crippen LogP contribution in [0.3, 0.4) is 0 Å². The Labute approximate surface area is 156 Å². The fourth-order valence-corrected chi connectivity index (χ4v) is 3.72. The molecule has 0 bridgehead atoms. The first-order valence-corrected chi connectivity index (χ1v) is 8.88. The lowest BCUT2D eigenvalue weighted by Crippen LogP contribution is -2.47. The molecule has 2 aliphatic heterocycles. The molecule has 2 atom stereocenters. The van der Waals surface area contributed by atoms with Crippen molar-refractivity contribution < 1.29 is 24.1 Å². The standard InChI is InChI=1S/C18H22N4O5/c1-25-16-3-2-12(6-17(16)27-11-18(23)24)8-21-5-4-15-14(9-21)22-13(10-26-15)7-19-20-22/h2-3,6-7,14-15H,4-5,8-11H2,1H3,(H,23,24)/t14-,15-/m1/s1. The molecule has 9 heteroatoms. The van der Waals surface area contributed by atoms with E-state index in [0.29, 0.717) is 18.1 Å². The summed E-state index contributed by atoms with van der Waals surface area (Å²) in [6.07, 6.45) is 2.86. The highest BCUT2D eigenvalue weighted by Crippen LogP contribution is 2.32. The van der Waals surface area contributed by atoms with Crippen molar-refractivity contribution >= 4 is 5.97 Å². The van der Waals surface area contributed by atoms with Crippen LogP contribution in [0.2, 0.25) is 0 Å². The summed E-state index contributed by atoms with van der Waals surface area (Å²) >= 11 is 0. The van der Waals surface area contributed by atoms with E-state index in [1.807, 2.05) is 16.8 Å². The van der Waals surface area contributed by atoms with E-state index in [4.69, 9.17) is 19.3 Å². The predicted molar refractivity (Wildman–Crippen MR) is 93.7 cm³/mol. The monoisotopic (exact) mass is 374 g/mol. The number of piperidine rings is 1. The normalized spacial score (nSPS) is 22.0. The zero-order chi connectivity index (χ0) is 18.8. The zero-order valence-corrected chi connectivity index (χ0v) is 15.1. The lowest BCUT2D eigenvalue weighted by Gasteiger charge is -2.41. The van der Waals surface area contributed by atoms with Crippen molar-refractivity contribution in [3.05, 3.63) is 35.7 Å². The largest absolute Gasteiger partial charge is 0.493 e. The third kappa shape index (κ3) is 3.74. The lowest BCUT2D eigenvalue weighted by atomic mass is 10.00. The average molecular weight is 374 g/mol. The number of carboxylic acid groups (broad SMARTS) is 1. The molecular formula is C18H22N4O5. The Morgan fingerprint density at radius 3 is 3.11 bits per heavy atom. The van der Waals surface area contributed by atoms with Gasteiger partial charge in [0.1, 0.15) is 0 Å². The lowest BCUT2D eigenvalue weighted by molar-refractivity contribution is -0.139. The number of benzene rings is 1. The first-order valence-electron chi connectivity index (χ1n) is 8.88. The number of fused-ring (bicyclic) bond motifs is 3. The summed E-state index contributed by atoms with van der Waals surface area (Å²) in [7, 11) is 1.53. The number of rotatable bonds is 6. The molecule has 0 saturated carbocycles. The van der Waals surface area contributed by atoms with Crippen molar-refractivity contribution in [3.8, 4) is 11.5 Å². The number of ether oxygens (including phenoxy) is 3. The minimum Gasteiger partial charge on any atom is -0.493 e. The Kier molecular flexibility index (Phi) is 4.95. The van der Waals surface area contributed by atoms with Gasteiger partial charge in [-0.25, -0.2) is 9.48 Å². The maximum absolute atomic E-state index is 10.8. The molecular weight excluding hydrogens is 352 g/mol. The van der Waals surface area contributed by atoms with Crippen LogP contribution in [-0.2, 0) is 22.7 Å². The number of likely N-dealkylation sites (tertiary alicyclic amines) is 1. The van der Waals surface area contributed by atoms with Crippen LogP contribution in [0.25, 0.3) is 0 Å². The number of aliphatic carboxylic acids is 1. The van der Waals surface area contributed by atoms with Crippen LogP contribution in [-0.4, -0.2) is 63.9 Å². The fourth-order valence-electron chi connectivity index (χ4n) is 3.72. The van der Waals surface area contributed by atoms with E-state index >= 15 is 0 Å². The summed E-state index contributed by atoms with van der Waals surface area (Å²) in [4.78, 5) is 13.1. The second-order valence-corrected chi connectivity index (χ2v) is 6.78. The third-order valence-corrected chi connectivity index (χ3v) is 5.00. The molecule has 0 unspecified atom stereocenters. The first kappa shape index (κ1) is 17.7. The number of carboxylic acids is 1. The van der Waals surface area contributed by atoms with E-state index in [9.17, 15) is 4.79 Å². The van der Waals surface area contributed by atoms with E-state index in [-0.39, 0.29) is 12.1 Å². The van der Waals surface area contributed by atoms with Gasteiger partial charge in [0, 0.05) is 19.6 Å². The number of methoxy groups -OCH3 is 1. The van der Waals surface area contributed by atoms with Crippen LogP contribution in [0.15, 0.2) is 24.4 Å². The van der Waals surface area contributed by atoms with Gasteiger partial charge in [-0.1, -0.05) is 11.3 Å². The summed E-state index contributed by atoms with van der Waals surface area (Å²) in [6.45, 7) is 2.62. The van der Waals surface area contributed by atoms with Crippen LogP contribution < -0.4 is 9.47 Å². The summed E-state index contributed by atoms with van der Waals surface area (Å²) in [6, 6.07) is 5.77. The Hall–Kier alpha value is -2.65. The van der Waals surface area contributed by atoms with Gasteiger partial charge in [0.2, 0.25) is 0 Å². The smallest absolute Gasteiger partial charge is 0.341 e. The third-order valence-electron chi connectivity index (χ3n) is 5.00. The minimum atomic E-state index is -1.02. The molecule has 0 spiro atoms. The van der Waals surface area contributed by atoms with Crippen LogP contribution in [0.1, 0.15) is 23.7 Å². The fraction of sp³-hybridized carbons (Fsp3) is 0.500. The van der Waals surface area contributed by atoms with E-state index in [0.717, 1.165) is 37.3 Å². The maximum Gasteiger partial charge on any atom is 0.341 e. The molecule has 1 aromatic carbocycles. The summed E-state index contributed by atoms with van der Waals surface area (Å²) in [5.74, 6) is -0.0658. The van der Waals surface area contributed by atoms with Crippen molar-refractivity contribution in [2.24, 2.45) is 0 Å². The van der Waals surface area contributed by atoms with Crippen LogP contribution >= 0.6 is 0 Å². The van der Waals surface area contributed by atoms with Gasteiger partial charge in [0.25, 0.3) is 0 Å². The highest BCUT2D eigenvalue weighted by molar-refractivity contribution is 5.68. The van der Waals surface area contributed by atoms with Gasteiger partial charge in [0.05, 0.1) is 37.8 Å². The molecule has 1 fully saturated rings. The minimum absolute atomic E-state index is 0.158. The van der Waals surface area contributed by atoms with Crippen LogP contribution in [0, 0.1) is 0 Å². The molecule has 0 radical (unpaired) electrons. The van der Waals surface area contributed by atoms with E-state index in [1.54, 1.807) is 12.3 Å². The molecule has 2 aromatic rings. The zero-order valence-electron chi connectivity index (χ0n) is 15.1. The highest BCUT2D eigenvalue weighted by atomic mass is 16.5. The molecule has 27 heavy (non-hydrogen) atoms. The summed E-state index contributed by atoms with van der Waals surface area (Å²) in [5.41, 5.74) is 2.04. The van der Waals surface area contributed by atoms with Crippen molar-refractivity contribution in [3.63, 3.8) is 0 Å². The molecule has 9 nitrogen and oxygen atoms in total. The molecule has 1 aromatic heterocycles. The van der Waals surface area contributed by atoms with Gasteiger partial charge in [-0.15, -0.1) is 5.10 Å². The van der Waals surface area contributed by atoms with Crippen molar-refractivity contribution in [1.82, 2.24) is 19.9 Å². The molecule has 2 aliphatic rings. The maximum atomic E-state index is 10.8. The number of nitrogens with zero attached hydrogens (tertiary/aromatic N) is 4. The Morgan fingerprint density at radius 2 is 2.30 bits per heavy atom. The van der Waals surface area contributed by atoms with E-state index in [2.05, 4.69) is 15.2 Å². The van der Waals surface area contributed by atoms with Crippen molar-refractivity contribution in [2.45, 2.75) is 31.7 Å². The van der Waals surface area contributed by atoms with Crippen molar-refractivity contribution in [1.29, 1.82) is 0 Å². The highest BCUT2D eigenvalue weighted by Gasteiger charge is 2.36. The number of carbonyl (C=O) groups is 1. The summed E-state index contributed by atoms with van der Waals surface area (Å²) < 4.78 is 18.5. The Bertz CT molecular complexity index is 824. The SMILES string of the molecule is COc1ccc(CN2CC[C@H]3OCc4cnnn4[C@@H]3C2)cc1OCC(=O)O. The quantitative estimate of drug-likeness (QED) is 0.802. The first-order chi connectivity index (χ1) is 13.1.